The van der Waals surface area contributed by atoms with Crippen LogP contribution in [0.15, 0.2) is 0 Å². The SMILES string of the molecule is CCC(C)CN(C)C(C)C(=O)N1CCNCC1. The average molecular weight is 241 g/mol. The van der Waals surface area contributed by atoms with E-state index in [4.69, 9.17) is 0 Å². The molecule has 0 spiro atoms. The number of nitrogens with zero attached hydrogens (tertiary/aromatic N) is 2. The summed E-state index contributed by atoms with van der Waals surface area (Å²) in [6.07, 6.45) is 1.17. The van der Waals surface area contributed by atoms with Gasteiger partial charge < -0.3 is 10.2 Å². The fraction of sp³-hybridized carbons (Fsp3) is 0.923. The highest BCUT2D eigenvalue weighted by Gasteiger charge is 2.25. The first kappa shape index (κ1) is 14.5. The smallest absolute Gasteiger partial charge is 0.239 e. The van der Waals surface area contributed by atoms with Crippen molar-refractivity contribution in [2.24, 2.45) is 5.92 Å². The Kier molecular flexibility index (Phi) is 5.92. The molecule has 0 bridgehead atoms. The molecule has 1 heterocycles. The van der Waals surface area contributed by atoms with E-state index < -0.39 is 0 Å². The Balaban J connectivity index is 2.44. The molecule has 4 nitrogen and oxygen atoms in total. The van der Waals surface area contributed by atoms with E-state index in [0.717, 1.165) is 32.7 Å². The molecule has 0 aromatic carbocycles. The van der Waals surface area contributed by atoms with Crippen LogP contribution in [0.2, 0.25) is 0 Å². The summed E-state index contributed by atoms with van der Waals surface area (Å²) in [5, 5.41) is 3.27. The number of piperazine rings is 1. The summed E-state index contributed by atoms with van der Waals surface area (Å²) in [6.45, 7) is 11.0. The number of likely N-dealkylation sites (N-methyl/N-ethyl adjacent to an activating group) is 1. The zero-order chi connectivity index (χ0) is 12.8. The molecule has 1 rings (SSSR count). The van der Waals surface area contributed by atoms with E-state index in [1.807, 2.05) is 11.8 Å². The molecule has 0 aliphatic carbocycles. The highest BCUT2D eigenvalue weighted by Crippen LogP contribution is 2.08. The van der Waals surface area contributed by atoms with Crippen LogP contribution in [-0.2, 0) is 4.79 Å². The van der Waals surface area contributed by atoms with Crippen LogP contribution < -0.4 is 5.32 Å². The molecule has 1 N–H and O–H groups in total. The number of hydrogen-bond acceptors (Lipinski definition) is 3. The lowest BCUT2D eigenvalue weighted by molar-refractivity contribution is -0.136. The van der Waals surface area contributed by atoms with E-state index in [-0.39, 0.29) is 11.9 Å². The van der Waals surface area contributed by atoms with Crippen LogP contribution in [0.25, 0.3) is 0 Å². The highest BCUT2D eigenvalue weighted by molar-refractivity contribution is 5.81. The Labute approximate surface area is 105 Å². The Morgan fingerprint density at radius 3 is 2.47 bits per heavy atom. The van der Waals surface area contributed by atoms with Gasteiger partial charge in [-0.05, 0) is 19.9 Å². The van der Waals surface area contributed by atoms with Gasteiger partial charge in [0.15, 0.2) is 0 Å². The maximum absolute atomic E-state index is 12.3. The number of nitrogens with one attached hydrogen (secondary N) is 1. The van der Waals surface area contributed by atoms with Crippen LogP contribution in [0.5, 0.6) is 0 Å². The third-order valence-electron chi connectivity index (χ3n) is 3.74. The second kappa shape index (κ2) is 6.97. The molecule has 17 heavy (non-hydrogen) atoms. The Hall–Kier alpha value is -0.610. The van der Waals surface area contributed by atoms with Gasteiger partial charge in [-0.1, -0.05) is 20.3 Å². The molecule has 0 aromatic rings. The van der Waals surface area contributed by atoms with Gasteiger partial charge >= 0.3 is 0 Å². The Morgan fingerprint density at radius 2 is 1.94 bits per heavy atom. The van der Waals surface area contributed by atoms with Gasteiger partial charge in [0.2, 0.25) is 5.91 Å². The van der Waals surface area contributed by atoms with Gasteiger partial charge in [-0.2, -0.15) is 0 Å². The Morgan fingerprint density at radius 1 is 1.35 bits per heavy atom. The van der Waals surface area contributed by atoms with Crippen molar-refractivity contribution in [3.63, 3.8) is 0 Å². The molecule has 100 valence electrons. The Bertz CT molecular complexity index is 239. The summed E-state index contributed by atoms with van der Waals surface area (Å²) in [4.78, 5) is 16.4. The van der Waals surface area contributed by atoms with Gasteiger partial charge in [-0.15, -0.1) is 0 Å². The van der Waals surface area contributed by atoms with Gasteiger partial charge in [0.25, 0.3) is 0 Å². The molecule has 1 fully saturated rings. The van der Waals surface area contributed by atoms with Crippen molar-refractivity contribution in [1.29, 1.82) is 0 Å². The van der Waals surface area contributed by atoms with Gasteiger partial charge in [0.05, 0.1) is 6.04 Å². The van der Waals surface area contributed by atoms with Crippen molar-refractivity contribution in [2.75, 3.05) is 39.8 Å². The summed E-state index contributed by atoms with van der Waals surface area (Å²) < 4.78 is 0. The van der Waals surface area contributed by atoms with Crippen molar-refractivity contribution < 1.29 is 4.79 Å². The highest BCUT2D eigenvalue weighted by atomic mass is 16.2. The molecule has 1 aliphatic heterocycles. The van der Waals surface area contributed by atoms with Crippen LogP contribution in [0, 0.1) is 5.92 Å². The lowest BCUT2D eigenvalue weighted by Gasteiger charge is -2.33. The van der Waals surface area contributed by atoms with Gasteiger partial charge in [0, 0.05) is 32.7 Å². The minimum Gasteiger partial charge on any atom is -0.339 e. The molecular formula is C13H27N3O. The summed E-state index contributed by atoms with van der Waals surface area (Å²) in [7, 11) is 2.05. The van der Waals surface area contributed by atoms with E-state index in [1.54, 1.807) is 0 Å². The fourth-order valence-corrected chi connectivity index (χ4v) is 2.12. The number of carbonyl (C=O) groups is 1. The van der Waals surface area contributed by atoms with Crippen molar-refractivity contribution in [2.45, 2.75) is 33.2 Å². The molecule has 1 aliphatic rings. The van der Waals surface area contributed by atoms with E-state index >= 15 is 0 Å². The van der Waals surface area contributed by atoms with Crippen molar-refractivity contribution in [3.05, 3.63) is 0 Å². The van der Waals surface area contributed by atoms with Crippen molar-refractivity contribution in [3.8, 4) is 0 Å². The van der Waals surface area contributed by atoms with Crippen LogP contribution in [0.3, 0.4) is 0 Å². The lowest BCUT2D eigenvalue weighted by atomic mass is 10.1. The number of rotatable bonds is 5. The van der Waals surface area contributed by atoms with E-state index in [9.17, 15) is 4.79 Å². The molecule has 0 saturated carbocycles. The fourth-order valence-electron chi connectivity index (χ4n) is 2.12. The zero-order valence-electron chi connectivity index (χ0n) is 11.7. The van der Waals surface area contributed by atoms with Crippen molar-refractivity contribution >= 4 is 5.91 Å². The second-order valence-electron chi connectivity index (χ2n) is 5.20. The van der Waals surface area contributed by atoms with Gasteiger partial charge in [-0.3, -0.25) is 9.69 Å². The van der Waals surface area contributed by atoms with Crippen LogP contribution in [0.1, 0.15) is 27.2 Å². The largest absolute Gasteiger partial charge is 0.339 e. The van der Waals surface area contributed by atoms with Gasteiger partial charge in [-0.25, -0.2) is 0 Å². The average Bonchev–Trinajstić information content (AvgIpc) is 2.37. The zero-order valence-corrected chi connectivity index (χ0v) is 11.7. The van der Waals surface area contributed by atoms with E-state index in [0.29, 0.717) is 5.92 Å². The molecule has 2 atom stereocenters. The monoisotopic (exact) mass is 241 g/mol. The molecular weight excluding hydrogens is 214 g/mol. The molecule has 1 saturated heterocycles. The summed E-state index contributed by atoms with van der Waals surface area (Å²) in [5.74, 6) is 0.926. The quantitative estimate of drug-likeness (QED) is 0.773. The summed E-state index contributed by atoms with van der Waals surface area (Å²) in [5.41, 5.74) is 0. The number of amides is 1. The van der Waals surface area contributed by atoms with Gasteiger partial charge in [0.1, 0.15) is 0 Å². The van der Waals surface area contributed by atoms with Crippen LogP contribution in [-0.4, -0.2) is 61.5 Å². The second-order valence-corrected chi connectivity index (χ2v) is 5.20. The first-order valence-corrected chi connectivity index (χ1v) is 6.76. The molecule has 0 aromatic heterocycles. The third kappa shape index (κ3) is 4.28. The first-order valence-electron chi connectivity index (χ1n) is 6.76. The minimum atomic E-state index is 0.00194. The maximum atomic E-state index is 12.3. The topological polar surface area (TPSA) is 35.6 Å². The van der Waals surface area contributed by atoms with E-state index in [1.165, 1.54) is 6.42 Å². The third-order valence-corrected chi connectivity index (χ3v) is 3.74. The van der Waals surface area contributed by atoms with Crippen LogP contribution >= 0.6 is 0 Å². The lowest BCUT2D eigenvalue weighted by Crippen LogP contribution is -2.52. The summed E-state index contributed by atoms with van der Waals surface area (Å²) in [6, 6.07) is 0.00194. The first-order chi connectivity index (χ1) is 8.06. The van der Waals surface area contributed by atoms with Crippen LogP contribution in [0.4, 0.5) is 0 Å². The van der Waals surface area contributed by atoms with E-state index in [2.05, 4.69) is 31.1 Å². The molecule has 1 amide bonds. The predicted octanol–water partition coefficient (Wildman–Crippen LogP) is 0.785. The standard InChI is InChI=1S/C13H27N3O/c1-5-11(2)10-15(4)12(3)13(17)16-8-6-14-7-9-16/h11-12,14H,5-10H2,1-4H3. The van der Waals surface area contributed by atoms with Crippen molar-refractivity contribution in [1.82, 2.24) is 15.1 Å². The predicted molar refractivity (Wildman–Crippen MR) is 71.0 cm³/mol. The number of hydrogen-bond donors (Lipinski definition) is 1. The molecule has 0 radical (unpaired) electrons. The molecule has 4 heteroatoms. The maximum Gasteiger partial charge on any atom is 0.239 e. The molecule has 2 unspecified atom stereocenters. The minimum absolute atomic E-state index is 0.00194. The number of carbonyl (C=O) groups excluding carboxylic acids is 1. The normalized spacial score (nSPS) is 20.4. The summed E-state index contributed by atoms with van der Waals surface area (Å²) >= 11 is 0.